The van der Waals surface area contributed by atoms with Crippen molar-refractivity contribution in [3.05, 3.63) is 48.6 Å². The third-order valence-electron chi connectivity index (χ3n) is 12.4. The van der Waals surface area contributed by atoms with Crippen LogP contribution in [0.3, 0.4) is 0 Å². The van der Waals surface area contributed by atoms with Gasteiger partial charge in [0.05, 0.1) is 6.61 Å². The Morgan fingerprint density at radius 3 is 1.12 bits per heavy atom. The molecule has 0 saturated carbocycles. The second-order valence-corrected chi connectivity index (χ2v) is 18.8. The first-order valence-corrected chi connectivity index (χ1v) is 28.2. The van der Waals surface area contributed by atoms with Gasteiger partial charge in [0, 0.05) is 19.4 Å². The van der Waals surface area contributed by atoms with Gasteiger partial charge in [0.1, 0.15) is 6.61 Å². The van der Waals surface area contributed by atoms with E-state index < -0.39 is 6.10 Å². The Morgan fingerprint density at radius 2 is 0.703 bits per heavy atom. The Morgan fingerprint density at radius 1 is 0.359 bits per heavy atom. The highest BCUT2D eigenvalue weighted by atomic mass is 16.6. The van der Waals surface area contributed by atoms with Crippen molar-refractivity contribution in [2.24, 2.45) is 0 Å². The number of carbonyl (C=O) groups is 2. The molecule has 5 nitrogen and oxygen atoms in total. The summed E-state index contributed by atoms with van der Waals surface area (Å²) in [6, 6.07) is 0. The van der Waals surface area contributed by atoms with E-state index in [-0.39, 0.29) is 25.2 Å². The lowest BCUT2D eigenvalue weighted by Gasteiger charge is -2.18. The van der Waals surface area contributed by atoms with Gasteiger partial charge in [-0.05, 0) is 57.8 Å². The van der Waals surface area contributed by atoms with E-state index in [1.807, 2.05) is 0 Å². The first-order chi connectivity index (χ1) is 31.6. The maximum Gasteiger partial charge on any atom is 0.306 e. The van der Waals surface area contributed by atoms with E-state index in [4.69, 9.17) is 14.2 Å². The van der Waals surface area contributed by atoms with E-state index in [9.17, 15) is 9.59 Å². The van der Waals surface area contributed by atoms with Crippen LogP contribution in [0.4, 0.5) is 0 Å². The van der Waals surface area contributed by atoms with Gasteiger partial charge in [-0.25, -0.2) is 0 Å². The summed E-state index contributed by atoms with van der Waals surface area (Å²) in [7, 11) is 0. The fraction of sp³-hybridized carbons (Fsp3) is 0.831. The summed E-state index contributed by atoms with van der Waals surface area (Å²) in [5, 5.41) is 0. The van der Waals surface area contributed by atoms with Crippen LogP contribution < -0.4 is 0 Å². The van der Waals surface area contributed by atoms with Crippen LogP contribution in [0.15, 0.2) is 48.6 Å². The van der Waals surface area contributed by atoms with Crippen molar-refractivity contribution >= 4 is 11.9 Å². The molecule has 0 saturated heterocycles. The molecular formula is C59H108O5. The van der Waals surface area contributed by atoms with Crippen molar-refractivity contribution < 1.29 is 23.8 Å². The van der Waals surface area contributed by atoms with Crippen LogP contribution in [0, 0.1) is 0 Å². The predicted octanol–water partition coefficient (Wildman–Crippen LogP) is 19.1. The van der Waals surface area contributed by atoms with E-state index in [0.29, 0.717) is 19.4 Å². The number of hydrogen-bond acceptors (Lipinski definition) is 5. The molecule has 5 heteroatoms. The van der Waals surface area contributed by atoms with Gasteiger partial charge >= 0.3 is 11.9 Å². The van der Waals surface area contributed by atoms with Crippen molar-refractivity contribution in [2.45, 2.75) is 297 Å². The Balaban J connectivity index is 4.25. The maximum atomic E-state index is 12.8. The zero-order valence-electron chi connectivity index (χ0n) is 43.1. The molecule has 0 aliphatic heterocycles. The van der Waals surface area contributed by atoms with Gasteiger partial charge in [-0.3, -0.25) is 9.59 Å². The molecule has 0 aromatic carbocycles. The molecule has 374 valence electrons. The smallest absolute Gasteiger partial charge is 0.306 e. The lowest BCUT2D eigenvalue weighted by atomic mass is 10.0. The minimum absolute atomic E-state index is 0.0738. The molecule has 1 atom stereocenters. The van der Waals surface area contributed by atoms with Gasteiger partial charge in [-0.2, -0.15) is 0 Å². The van der Waals surface area contributed by atoms with Crippen LogP contribution in [0.5, 0.6) is 0 Å². The molecule has 0 rings (SSSR count). The SMILES string of the molecule is CC/C=C\C/C=C\C/C=C\C/C=C\CCCCC(=O)OC(COCCCCCCCCCCCCCCCC)COC(=O)CCCCCCCCCCCCCCCCCCCCC. The van der Waals surface area contributed by atoms with E-state index in [2.05, 4.69) is 69.4 Å². The lowest BCUT2D eigenvalue weighted by Crippen LogP contribution is -2.30. The minimum atomic E-state index is -0.553. The van der Waals surface area contributed by atoms with Crippen LogP contribution in [-0.2, 0) is 23.8 Å². The summed E-state index contributed by atoms with van der Waals surface area (Å²) >= 11 is 0. The van der Waals surface area contributed by atoms with Crippen LogP contribution >= 0.6 is 0 Å². The lowest BCUT2D eigenvalue weighted by molar-refractivity contribution is -0.163. The van der Waals surface area contributed by atoms with Crippen LogP contribution in [0.1, 0.15) is 290 Å². The molecule has 0 N–H and O–H groups in total. The number of unbranched alkanes of at least 4 members (excludes halogenated alkanes) is 33. The van der Waals surface area contributed by atoms with Crippen LogP contribution in [0.2, 0.25) is 0 Å². The molecule has 0 aliphatic carbocycles. The quantitative estimate of drug-likeness (QED) is 0.0346. The molecule has 0 aromatic rings. The summed E-state index contributed by atoms with van der Waals surface area (Å²) in [5.41, 5.74) is 0. The normalized spacial score (nSPS) is 12.5. The molecule has 64 heavy (non-hydrogen) atoms. The molecule has 1 unspecified atom stereocenters. The van der Waals surface area contributed by atoms with Crippen molar-refractivity contribution in [1.29, 1.82) is 0 Å². The second-order valence-electron chi connectivity index (χ2n) is 18.8. The van der Waals surface area contributed by atoms with Crippen LogP contribution in [-0.4, -0.2) is 37.9 Å². The molecule has 0 aliphatic rings. The first kappa shape index (κ1) is 61.9. The molecule has 0 fully saturated rings. The van der Waals surface area contributed by atoms with E-state index >= 15 is 0 Å². The van der Waals surface area contributed by atoms with E-state index in [1.165, 1.54) is 186 Å². The van der Waals surface area contributed by atoms with Crippen molar-refractivity contribution in [2.75, 3.05) is 19.8 Å². The second kappa shape index (κ2) is 55.2. The number of hydrogen-bond donors (Lipinski definition) is 0. The summed E-state index contributed by atoms with van der Waals surface area (Å²) < 4.78 is 17.4. The Bertz CT molecular complexity index is 1060. The van der Waals surface area contributed by atoms with Gasteiger partial charge in [0.25, 0.3) is 0 Å². The van der Waals surface area contributed by atoms with E-state index in [0.717, 1.165) is 70.6 Å². The highest BCUT2D eigenvalue weighted by Gasteiger charge is 2.17. The third-order valence-corrected chi connectivity index (χ3v) is 12.4. The number of esters is 2. The number of rotatable bonds is 52. The monoisotopic (exact) mass is 897 g/mol. The highest BCUT2D eigenvalue weighted by Crippen LogP contribution is 2.16. The summed E-state index contributed by atoms with van der Waals surface area (Å²) in [5.74, 6) is -0.428. The van der Waals surface area contributed by atoms with Crippen LogP contribution in [0.25, 0.3) is 0 Å². The third kappa shape index (κ3) is 52.5. The Kier molecular flexibility index (Phi) is 53.3. The molecular weight excluding hydrogens is 789 g/mol. The number of carbonyl (C=O) groups excluding carboxylic acids is 2. The van der Waals surface area contributed by atoms with Gasteiger partial charge in [0.2, 0.25) is 0 Å². The largest absolute Gasteiger partial charge is 0.462 e. The standard InChI is InChI=1S/C59H108O5/c1-4-7-10-13-16-19-22-25-28-29-30-31-33-34-37-40-43-46-49-52-58(60)63-56-57(55-62-54-51-48-45-42-39-36-27-24-21-18-15-12-9-6-3)64-59(61)53-50-47-44-41-38-35-32-26-23-20-17-14-11-8-5-2/h8,11,17,20,26,32,38,41,57H,4-7,9-10,12-16,18-19,21-25,27-31,33-37,39-40,42-56H2,1-3H3/b11-8-,20-17-,32-26-,41-38-. The minimum Gasteiger partial charge on any atom is -0.462 e. The average molecular weight is 898 g/mol. The van der Waals surface area contributed by atoms with Crippen molar-refractivity contribution in [3.63, 3.8) is 0 Å². The fourth-order valence-electron chi connectivity index (χ4n) is 8.21. The summed E-state index contributed by atoms with van der Waals surface area (Å²) in [6.45, 7) is 7.73. The molecule has 0 radical (unpaired) electrons. The predicted molar refractivity (Wildman–Crippen MR) is 279 cm³/mol. The molecule has 0 aromatic heterocycles. The zero-order valence-corrected chi connectivity index (χ0v) is 43.1. The molecule has 0 spiro atoms. The van der Waals surface area contributed by atoms with E-state index in [1.54, 1.807) is 0 Å². The van der Waals surface area contributed by atoms with Gasteiger partial charge in [0.15, 0.2) is 6.10 Å². The molecule has 0 heterocycles. The average Bonchev–Trinajstić information content (AvgIpc) is 3.30. The van der Waals surface area contributed by atoms with Crippen molar-refractivity contribution in [3.8, 4) is 0 Å². The Labute approximate surface area is 399 Å². The van der Waals surface area contributed by atoms with Gasteiger partial charge in [-0.1, -0.05) is 268 Å². The summed E-state index contributed by atoms with van der Waals surface area (Å²) in [6.07, 6.45) is 68.5. The number of ether oxygens (including phenoxy) is 3. The van der Waals surface area contributed by atoms with Gasteiger partial charge in [-0.15, -0.1) is 0 Å². The fourth-order valence-corrected chi connectivity index (χ4v) is 8.21. The molecule has 0 bridgehead atoms. The first-order valence-electron chi connectivity index (χ1n) is 28.2. The topological polar surface area (TPSA) is 61.8 Å². The zero-order chi connectivity index (χ0) is 46.3. The summed E-state index contributed by atoms with van der Waals surface area (Å²) in [4.78, 5) is 25.5. The maximum absolute atomic E-state index is 12.8. The Hall–Kier alpha value is -2.14. The molecule has 0 amide bonds. The highest BCUT2D eigenvalue weighted by molar-refractivity contribution is 5.70. The van der Waals surface area contributed by atoms with Gasteiger partial charge < -0.3 is 14.2 Å². The number of allylic oxidation sites excluding steroid dienone is 8. The van der Waals surface area contributed by atoms with Crippen molar-refractivity contribution in [1.82, 2.24) is 0 Å².